The van der Waals surface area contributed by atoms with Crippen LogP contribution in [0.3, 0.4) is 0 Å². The molecule has 20 heavy (non-hydrogen) atoms. The molecule has 0 saturated carbocycles. The minimum atomic E-state index is -0.296. The zero-order chi connectivity index (χ0) is 14.7. The van der Waals surface area contributed by atoms with Crippen molar-refractivity contribution in [3.63, 3.8) is 0 Å². The van der Waals surface area contributed by atoms with E-state index >= 15 is 0 Å². The standard InChI is InChI=1S/C14H21N5O/c1-10-9-11(2)19(17-10)12(3)14(20)15-7-5-13-6-8-16-18(13)4/h6,8-9,12H,5,7H2,1-4H3,(H,15,20)/t12-/m1/s1. The summed E-state index contributed by atoms with van der Waals surface area (Å²) < 4.78 is 3.57. The van der Waals surface area contributed by atoms with Gasteiger partial charge in [-0.1, -0.05) is 0 Å². The maximum absolute atomic E-state index is 12.1. The Bertz CT molecular complexity index is 598. The predicted octanol–water partition coefficient (Wildman–Crippen LogP) is 1.15. The summed E-state index contributed by atoms with van der Waals surface area (Å²) >= 11 is 0. The minimum absolute atomic E-state index is 0.0154. The van der Waals surface area contributed by atoms with Crippen molar-refractivity contribution in [3.05, 3.63) is 35.4 Å². The summed E-state index contributed by atoms with van der Waals surface area (Å²) in [5, 5.41) is 11.4. The van der Waals surface area contributed by atoms with E-state index in [9.17, 15) is 4.79 Å². The second kappa shape index (κ2) is 5.90. The van der Waals surface area contributed by atoms with Gasteiger partial charge in [0.25, 0.3) is 0 Å². The number of aromatic nitrogens is 4. The Labute approximate surface area is 118 Å². The molecule has 0 bridgehead atoms. The summed E-state index contributed by atoms with van der Waals surface area (Å²) in [6.07, 6.45) is 2.53. The number of amides is 1. The molecule has 0 fully saturated rings. The maximum atomic E-state index is 12.1. The summed E-state index contributed by atoms with van der Waals surface area (Å²) in [6, 6.07) is 3.63. The molecule has 0 spiro atoms. The van der Waals surface area contributed by atoms with Gasteiger partial charge in [-0.15, -0.1) is 0 Å². The smallest absolute Gasteiger partial charge is 0.244 e. The first-order valence-electron chi connectivity index (χ1n) is 6.76. The van der Waals surface area contributed by atoms with E-state index in [2.05, 4.69) is 15.5 Å². The average Bonchev–Trinajstić information content (AvgIpc) is 2.94. The number of aryl methyl sites for hydroxylation is 3. The minimum Gasteiger partial charge on any atom is -0.354 e. The van der Waals surface area contributed by atoms with E-state index < -0.39 is 0 Å². The van der Waals surface area contributed by atoms with Crippen LogP contribution in [0.1, 0.15) is 30.0 Å². The molecule has 0 saturated heterocycles. The van der Waals surface area contributed by atoms with Crippen molar-refractivity contribution < 1.29 is 4.79 Å². The molecular weight excluding hydrogens is 254 g/mol. The zero-order valence-electron chi connectivity index (χ0n) is 12.4. The Morgan fingerprint density at radius 2 is 2.20 bits per heavy atom. The van der Waals surface area contributed by atoms with Crippen molar-refractivity contribution in [2.24, 2.45) is 7.05 Å². The number of carbonyl (C=O) groups is 1. The van der Waals surface area contributed by atoms with Gasteiger partial charge in [-0.3, -0.25) is 14.2 Å². The van der Waals surface area contributed by atoms with Gasteiger partial charge in [0.1, 0.15) is 6.04 Å². The molecule has 108 valence electrons. The third kappa shape index (κ3) is 3.07. The number of hydrogen-bond donors (Lipinski definition) is 1. The van der Waals surface area contributed by atoms with Gasteiger partial charge in [-0.05, 0) is 32.9 Å². The van der Waals surface area contributed by atoms with Crippen LogP contribution in [0.2, 0.25) is 0 Å². The highest BCUT2D eigenvalue weighted by atomic mass is 16.2. The van der Waals surface area contributed by atoms with Crippen LogP contribution in [0.15, 0.2) is 18.3 Å². The van der Waals surface area contributed by atoms with Gasteiger partial charge in [-0.2, -0.15) is 10.2 Å². The van der Waals surface area contributed by atoms with Gasteiger partial charge in [0, 0.05) is 37.6 Å². The van der Waals surface area contributed by atoms with E-state index in [1.165, 1.54) is 0 Å². The predicted molar refractivity (Wildman–Crippen MR) is 76.3 cm³/mol. The first-order valence-corrected chi connectivity index (χ1v) is 6.76. The summed E-state index contributed by atoms with van der Waals surface area (Å²) in [5.41, 5.74) is 3.03. The van der Waals surface area contributed by atoms with Crippen LogP contribution in [0.5, 0.6) is 0 Å². The van der Waals surface area contributed by atoms with E-state index in [1.807, 2.05) is 44.6 Å². The SMILES string of the molecule is Cc1cc(C)n([C@H](C)C(=O)NCCc2ccnn2C)n1. The van der Waals surface area contributed by atoms with E-state index in [0.29, 0.717) is 6.54 Å². The first-order chi connectivity index (χ1) is 9.49. The molecule has 6 nitrogen and oxygen atoms in total. The van der Waals surface area contributed by atoms with Gasteiger partial charge in [0.15, 0.2) is 0 Å². The van der Waals surface area contributed by atoms with Gasteiger partial charge in [0.2, 0.25) is 5.91 Å². The number of nitrogens with one attached hydrogen (secondary N) is 1. The summed E-state index contributed by atoms with van der Waals surface area (Å²) in [6.45, 7) is 6.34. The average molecular weight is 275 g/mol. The highest BCUT2D eigenvalue weighted by Gasteiger charge is 2.17. The molecule has 0 unspecified atom stereocenters. The van der Waals surface area contributed by atoms with Crippen LogP contribution in [0.25, 0.3) is 0 Å². The second-order valence-corrected chi connectivity index (χ2v) is 5.03. The summed E-state index contributed by atoms with van der Waals surface area (Å²) in [7, 11) is 1.90. The topological polar surface area (TPSA) is 64.7 Å². The van der Waals surface area contributed by atoms with Crippen LogP contribution in [-0.2, 0) is 18.3 Å². The fourth-order valence-corrected chi connectivity index (χ4v) is 2.26. The second-order valence-electron chi connectivity index (χ2n) is 5.03. The highest BCUT2D eigenvalue weighted by molar-refractivity contribution is 5.79. The molecule has 0 aliphatic rings. The lowest BCUT2D eigenvalue weighted by Crippen LogP contribution is -2.33. The van der Waals surface area contributed by atoms with Crippen molar-refractivity contribution in [2.75, 3.05) is 6.54 Å². The lowest BCUT2D eigenvalue weighted by atomic mass is 10.2. The Balaban J connectivity index is 1.89. The van der Waals surface area contributed by atoms with Crippen molar-refractivity contribution in [1.82, 2.24) is 24.9 Å². The summed E-state index contributed by atoms with van der Waals surface area (Å²) in [5.74, 6) is -0.0154. The Morgan fingerprint density at radius 1 is 1.45 bits per heavy atom. The van der Waals surface area contributed by atoms with Crippen molar-refractivity contribution in [2.45, 2.75) is 33.2 Å². The van der Waals surface area contributed by atoms with Crippen molar-refractivity contribution in [1.29, 1.82) is 0 Å². The molecule has 2 aromatic heterocycles. The normalized spacial score (nSPS) is 12.4. The molecule has 1 N–H and O–H groups in total. The molecule has 0 aliphatic carbocycles. The van der Waals surface area contributed by atoms with Gasteiger partial charge < -0.3 is 5.32 Å². The fourth-order valence-electron chi connectivity index (χ4n) is 2.26. The van der Waals surface area contributed by atoms with Crippen LogP contribution < -0.4 is 5.32 Å². The Hall–Kier alpha value is -2.11. The monoisotopic (exact) mass is 275 g/mol. The van der Waals surface area contributed by atoms with Crippen LogP contribution >= 0.6 is 0 Å². The fraction of sp³-hybridized carbons (Fsp3) is 0.500. The Kier molecular flexibility index (Phi) is 4.22. The van der Waals surface area contributed by atoms with Crippen molar-refractivity contribution in [3.8, 4) is 0 Å². The molecule has 1 amide bonds. The maximum Gasteiger partial charge on any atom is 0.244 e. The molecule has 2 aromatic rings. The summed E-state index contributed by atoms with van der Waals surface area (Å²) in [4.78, 5) is 12.1. The van der Waals surface area contributed by atoms with Gasteiger partial charge in [-0.25, -0.2) is 0 Å². The molecular formula is C14H21N5O. The largest absolute Gasteiger partial charge is 0.354 e. The van der Waals surface area contributed by atoms with Crippen LogP contribution in [0.4, 0.5) is 0 Å². The van der Waals surface area contributed by atoms with Crippen LogP contribution in [0, 0.1) is 13.8 Å². The van der Waals surface area contributed by atoms with Gasteiger partial charge >= 0.3 is 0 Å². The molecule has 0 aromatic carbocycles. The van der Waals surface area contributed by atoms with E-state index in [0.717, 1.165) is 23.5 Å². The molecule has 0 aliphatic heterocycles. The highest BCUT2D eigenvalue weighted by Crippen LogP contribution is 2.10. The quantitative estimate of drug-likeness (QED) is 0.890. The molecule has 1 atom stereocenters. The van der Waals surface area contributed by atoms with Crippen LogP contribution in [-0.4, -0.2) is 32.0 Å². The molecule has 6 heteroatoms. The van der Waals surface area contributed by atoms with E-state index in [4.69, 9.17) is 0 Å². The van der Waals surface area contributed by atoms with Gasteiger partial charge in [0.05, 0.1) is 5.69 Å². The lowest BCUT2D eigenvalue weighted by Gasteiger charge is -2.14. The van der Waals surface area contributed by atoms with E-state index in [1.54, 1.807) is 10.9 Å². The molecule has 0 radical (unpaired) electrons. The first kappa shape index (κ1) is 14.3. The zero-order valence-corrected chi connectivity index (χ0v) is 12.4. The lowest BCUT2D eigenvalue weighted by molar-refractivity contribution is -0.124. The molecule has 2 rings (SSSR count). The number of carbonyl (C=O) groups excluding carboxylic acids is 1. The van der Waals surface area contributed by atoms with Crippen molar-refractivity contribution >= 4 is 5.91 Å². The third-order valence-electron chi connectivity index (χ3n) is 3.39. The number of rotatable bonds is 5. The number of nitrogens with zero attached hydrogens (tertiary/aromatic N) is 4. The number of hydrogen-bond acceptors (Lipinski definition) is 3. The third-order valence-corrected chi connectivity index (χ3v) is 3.39. The van der Waals surface area contributed by atoms with E-state index in [-0.39, 0.29) is 11.9 Å². The molecule has 2 heterocycles. The Morgan fingerprint density at radius 3 is 2.75 bits per heavy atom.